The van der Waals surface area contributed by atoms with E-state index >= 15 is 0 Å². The monoisotopic (exact) mass is 383 g/mol. The fraction of sp³-hybridized carbons (Fsp3) is 0.286. The smallest absolute Gasteiger partial charge is 0.305 e. The van der Waals surface area contributed by atoms with Crippen molar-refractivity contribution in [2.24, 2.45) is 0 Å². The van der Waals surface area contributed by atoms with Gasteiger partial charge in [0.15, 0.2) is 0 Å². The Hall–Kier alpha value is -1.80. The summed E-state index contributed by atoms with van der Waals surface area (Å²) >= 11 is 4.34. The Morgan fingerprint density at radius 1 is 1.36 bits per heavy atom. The van der Waals surface area contributed by atoms with Gasteiger partial charge in [-0.3, -0.25) is 9.59 Å². The molecular formula is C14H14BrN3O3S. The molecule has 2 aromatic rings. The number of carboxylic acids is 1. The lowest BCUT2D eigenvalue weighted by Gasteiger charge is -2.17. The van der Waals surface area contributed by atoms with Gasteiger partial charge >= 0.3 is 5.97 Å². The molecule has 0 radical (unpaired) electrons. The van der Waals surface area contributed by atoms with Crippen LogP contribution in [0.3, 0.4) is 0 Å². The predicted molar refractivity (Wildman–Crippen MR) is 85.9 cm³/mol. The number of nitrogens with one attached hydrogen (secondary N) is 1. The van der Waals surface area contributed by atoms with Crippen LogP contribution in [0, 0.1) is 0 Å². The van der Waals surface area contributed by atoms with E-state index in [1.54, 1.807) is 12.1 Å². The van der Waals surface area contributed by atoms with E-state index in [2.05, 4.69) is 30.8 Å². The van der Waals surface area contributed by atoms with Gasteiger partial charge in [-0.1, -0.05) is 39.5 Å². The Morgan fingerprint density at radius 2 is 2.05 bits per heavy atom. The minimum atomic E-state index is -0.980. The van der Waals surface area contributed by atoms with Gasteiger partial charge in [-0.2, -0.15) is 0 Å². The predicted octanol–water partition coefficient (Wildman–Crippen LogP) is 2.81. The van der Waals surface area contributed by atoms with Gasteiger partial charge in [-0.25, -0.2) is 0 Å². The highest BCUT2D eigenvalue weighted by atomic mass is 79.9. The molecule has 6 nitrogen and oxygen atoms in total. The van der Waals surface area contributed by atoms with Gasteiger partial charge < -0.3 is 10.4 Å². The molecule has 0 aliphatic carbocycles. The summed E-state index contributed by atoms with van der Waals surface area (Å²) in [5.41, 5.74) is 1.35. The summed E-state index contributed by atoms with van der Waals surface area (Å²) in [6.45, 7) is 1.89. The van der Waals surface area contributed by atoms with Gasteiger partial charge in [-0.15, -0.1) is 5.10 Å². The van der Waals surface area contributed by atoms with Crippen molar-refractivity contribution in [1.29, 1.82) is 0 Å². The number of aryl methyl sites for hydroxylation is 1. The molecular weight excluding hydrogens is 370 g/mol. The third kappa shape index (κ3) is 4.11. The molecule has 0 saturated heterocycles. The molecule has 8 heteroatoms. The van der Waals surface area contributed by atoms with Crippen LogP contribution >= 0.6 is 27.5 Å². The van der Waals surface area contributed by atoms with E-state index < -0.39 is 12.0 Å². The number of aliphatic carboxylic acids is 1. The van der Waals surface area contributed by atoms with E-state index in [0.29, 0.717) is 17.0 Å². The summed E-state index contributed by atoms with van der Waals surface area (Å²) < 4.78 is 4.66. The van der Waals surface area contributed by atoms with Gasteiger partial charge in [0.25, 0.3) is 5.91 Å². The van der Waals surface area contributed by atoms with Crippen LogP contribution in [-0.4, -0.2) is 26.6 Å². The summed E-state index contributed by atoms with van der Waals surface area (Å²) in [4.78, 5) is 23.8. The first kappa shape index (κ1) is 16.6. The van der Waals surface area contributed by atoms with Crippen LogP contribution in [0.25, 0.3) is 0 Å². The van der Waals surface area contributed by atoms with Gasteiger partial charge in [0.1, 0.15) is 4.88 Å². The normalized spacial score (nSPS) is 11.9. The Morgan fingerprint density at radius 3 is 2.64 bits per heavy atom. The molecule has 2 rings (SSSR count). The van der Waals surface area contributed by atoms with E-state index in [1.807, 2.05) is 19.1 Å². The van der Waals surface area contributed by atoms with Crippen molar-refractivity contribution in [3.05, 3.63) is 44.9 Å². The number of carboxylic acid groups (broad SMARTS) is 1. The van der Waals surface area contributed by atoms with Crippen molar-refractivity contribution < 1.29 is 14.7 Å². The van der Waals surface area contributed by atoms with Crippen LogP contribution in [0.1, 0.15) is 40.3 Å². The molecule has 1 aromatic carbocycles. The molecule has 1 unspecified atom stereocenters. The topological polar surface area (TPSA) is 92.2 Å². The lowest BCUT2D eigenvalue weighted by atomic mass is 10.0. The number of hydrogen-bond acceptors (Lipinski definition) is 5. The number of carbonyl (C=O) groups excluding carboxylic acids is 1. The number of nitrogens with zero attached hydrogens (tertiary/aromatic N) is 2. The molecule has 0 bridgehead atoms. The highest BCUT2D eigenvalue weighted by molar-refractivity contribution is 9.10. The zero-order chi connectivity index (χ0) is 16.1. The third-order valence-corrected chi connectivity index (χ3v) is 4.35. The van der Waals surface area contributed by atoms with E-state index in [9.17, 15) is 9.59 Å². The fourth-order valence-electron chi connectivity index (χ4n) is 1.96. The summed E-state index contributed by atoms with van der Waals surface area (Å²) in [5, 5.41) is 15.7. The molecule has 1 heterocycles. The Bertz CT molecular complexity index is 672. The zero-order valence-electron chi connectivity index (χ0n) is 11.7. The Kier molecular flexibility index (Phi) is 5.62. The van der Waals surface area contributed by atoms with Gasteiger partial charge in [0.05, 0.1) is 18.2 Å². The van der Waals surface area contributed by atoms with E-state index in [-0.39, 0.29) is 12.3 Å². The molecule has 0 aliphatic rings. The van der Waals surface area contributed by atoms with E-state index in [1.165, 1.54) is 0 Å². The first-order valence-corrected chi connectivity index (χ1v) is 8.17. The van der Waals surface area contributed by atoms with Gasteiger partial charge in [-0.05, 0) is 35.6 Å². The lowest BCUT2D eigenvalue weighted by molar-refractivity contribution is -0.137. The second kappa shape index (κ2) is 7.46. The van der Waals surface area contributed by atoms with Crippen molar-refractivity contribution in [3.8, 4) is 0 Å². The lowest BCUT2D eigenvalue weighted by Crippen LogP contribution is -2.30. The zero-order valence-corrected chi connectivity index (χ0v) is 14.1. The average Bonchev–Trinajstić information content (AvgIpc) is 2.95. The number of hydrogen-bond donors (Lipinski definition) is 2. The average molecular weight is 384 g/mol. The van der Waals surface area contributed by atoms with E-state index in [4.69, 9.17) is 5.11 Å². The van der Waals surface area contributed by atoms with Crippen LogP contribution in [0.5, 0.6) is 0 Å². The maximum absolute atomic E-state index is 12.3. The minimum absolute atomic E-state index is 0.193. The van der Waals surface area contributed by atoms with Crippen molar-refractivity contribution in [2.45, 2.75) is 25.8 Å². The first-order chi connectivity index (χ1) is 10.5. The molecule has 116 valence electrons. The van der Waals surface area contributed by atoms with Crippen LogP contribution < -0.4 is 5.32 Å². The van der Waals surface area contributed by atoms with Crippen molar-refractivity contribution in [3.63, 3.8) is 0 Å². The minimum Gasteiger partial charge on any atom is -0.481 e. The molecule has 1 atom stereocenters. The molecule has 0 aliphatic heterocycles. The van der Waals surface area contributed by atoms with Crippen LogP contribution in [0.2, 0.25) is 0 Å². The quantitative estimate of drug-likeness (QED) is 0.799. The van der Waals surface area contributed by atoms with Crippen molar-refractivity contribution in [1.82, 2.24) is 14.9 Å². The molecule has 1 amide bonds. The highest BCUT2D eigenvalue weighted by Crippen LogP contribution is 2.21. The number of benzene rings is 1. The van der Waals surface area contributed by atoms with Crippen molar-refractivity contribution >= 4 is 39.3 Å². The third-order valence-electron chi connectivity index (χ3n) is 3.05. The summed E-state index contributed by atoms with van der Waals surface area (Å²) in [5.74, 6) is -1.33. The fourth-order valence-corrected chi connectivity index (χ4v) is 2.88. The number of aromatic nitrogens is 2. The second-order valence-electron chi connectivity index (χ2n) is 4.58. The maximum atomic E-state index is 12.3. The molecule has 0 spiro atoms. The molecule has 0 fully saturated rings. The van der Waals surface area contributed by atoms with E-state index in [0.717, 1.165) is 21.6 Å². The molecule has 22 heavy (non-hydrogen) atoms. The number of carbonyl (C=O) groups is 2. The molecule has 0 saturated carbocycles. The van der Waals surface area contributed by atoms with Gasteiger partial charge in [0.2, 0.25) is 0 Å². The Labute approximate surface area is 139 Å². The SMILES string of the molecule is CCc1nnsc1C(=O)NC(CC(=O)O)c1ccc(Br)cc1. The maximum Gasteiger partial charge on any atom is 0.305 e. The number of halogens is 1. The largest absolute Gasteiger partial charge is 0.481 e. The second-order valence-corrected chi connectivity index (χ2v) is 6.25. The number of rotatable bonds is 6. The summed E-state index contributed by atoms with van der Waals surface area (Å²) in [6, 6.07) is 6.57. The number of amides is 1. The highest BCUT2D eigenvalue weighted by Gasteiger charge is 2.22. The van der Waals surface area contributed by atoms with Crippen molar-refractivity contribution in [2.75, 3.05) is 0 Å². The molecule has 1 aromatic heterocycles. The standard InChI is InChI=1S/C14H14BrN3O3S/c1-2-10-13(22-18-17-10)14(21)16-11(7-12(19)20)8-3-5-9(15)6-4-8/h3-6,11H,2,7H2,1H3,(H,16,21)(H,19,20). The molecule has 2 N–H and O–H groups in total. The first-order valence-electron chi connectivity index (χ1n) is 6.60. The van der Waals surface area contributed by atoms with Crippen LogP contribution in [0.15, 0.2) is 28.7 Å². The summed E-state index contributed by atoms with van der Waals surface area (Å²) in [6.07, 6.45) is 0.405. The van der Waals surface area contributed by atoms with Crippen LogP contribution in [0.4, 0.5) is 0 Å². The van der Waals surface area contributed by atoms with Crippen LogP contribution in [-0.2, 0) is 11.2 Å². The van der Waals surface area contributed by atoms with Gasteiger partial charge in [0, 0.05) is 4.47 Å². The summed E-state index contributed by atoms with van der Waals surface area (Å²) in [7, 11) is 0. The Balaban J connectivity index is 2.21.